The lowest BCUT2D eigenvalue weighted by Crippen LogP contribution is -2.35. The number of benzene rings is 2. The van der Waals surface area contributed by atoms with Crippen LogP contribution in [0, 0.1) is 5.82 Å². The number of pyridine rings is 2. The fraction of sp³-hybridized carbons (Fsp3) is 0.250. The summed E-state index contributed by atoms with van der Waals surface area (Å²) in [4.78, 5) is 31.1. The third-order valence-corrected chi connectivity index (χ3v) is 6.86. The minimum atomic E-state index is -1.38. The molecule has 0 aliphatic carbocycles. The van der Waals surface area contributed by atoms with Crippen LogP contribution >= 0.6 is 0 Å². The number of hydrogen-bond donors (Lipinski definition) is 1. The van der Waals surface area contributed by atoms with Crippen LogP contribution in [0.1, 0.15) is 23.2 Å². The van der Waals surface area contributed by atoms with Crippen molar-refractivity contribution >= 4 is 22.6 Å². The van der Waals surface area contributed by atoms with Gasteiger partial charge in [-0.05, 0) is 61.4 Å². The molecule has 38 heavy (non-hydrogen) atoms. The highest BCUT2D eigenvalue weighted by Gasteiger charge is 2.29. The molecule has 4 bridgehead atoms. The van der Waals surface area contributed by atoms with Crippen LogP contribution in [0.3, 0.4) is 0 Å². The van der Waals surface area contributed by atoms with Gasteiger partial charge in [-0.2, -0.15) is 0 Å². The maximum atomic E-state index is 15.6. The highest BCUT2D eigenvalue weighted by Crippen LogP contribution is 2.33. The van der Waals surface area contributed by atoms with Gasteiger partial charge in [0, 0.05) is 30.0 Å². The quantitative estimate of drug-likeness (QED) is 0.404. The number of aromatic nitrogens is 2. The minimum absolute atomic E-state index is 0.0110. The number of rotatable bonds is 1. The molecule has 0 unspecified atom stereocenters. The Labute approximate surface area is 216 Å². The van der Waals surface area contributed by atoms with Crippen molar-refractivity contribution in [3.63, 3.8) is 0 Å². The molecule has 7 rings (SSSR count). The van der Waals surface area contributed by atoms with Crippen molar-refractivity contribution in [2.45, 2.75) is 18.9 Å². The predicted octanol–water partition coefficient (Wildman–Crippen LogP) is 4.04. The van der Waals surface area contributed by atoms with Gasteiger partial charge in [0.05, 0.1) is 17.2 Å². The molecule has 0 spiro atoms. The van der Waals surface area contributed by atoms with Crippen molar-refractivity contribution in [1.29, 1.82) is 0 Å². The molecule has 0 radical (unpaired) electrons. The molecule has 0 amide bonds. The molecule has 1 atom stereocenters. The number of carboxylic acid groups (broad SMARTS) is 1. The van der Waals surface area contributed by atoms with Gasteiger partial charge in [0.1, 0.15) is 37.0 Å². The molecule has 194 valence electrons. The lowest BCUT2D eigenvalue weighted by Gasteiger charge is -2.28. The molecule has 3 aliphatic rings. The van der Waals surface area contributed by atoms with Gasteiger partial charge in [-0.25, -0.2) is 14.2 Å². The van der Waals surface area contributed by atoms with Crippen molar-refractivity contribution in [2.24, 2.45) is 0 Å². The summed E-state index contributed by atoms with van der Waals surface area (Å²) in [6, 6.07) is 13.1. The highest BCUT2D eigenvalue weighted by molar-refractivity contribution is 5.94. The van der Waals surface area contributed by atoms with Crippen LogP contribution < -0.4 is 24.5 Å². The van der Waals surface area contributed by atoms with Crippen molar-refractivity contribution in [2.75, 3.05) is 31.3 Å². The number of anilines is 1. The molecule has 2 aromatic heterocycles. The number of ether oxygens (including phenoxy) is 3. The fourth-order valence-corrected chi connectivity index (χ4v) is 5.03. The van der Waals surface area contributed by atoms with Crippen LogP contribution in [0.25, 0.3) is 16.6 Å². The second-order valence-electron chi connectivity index (χ2n) is 9.17. The molecule has 9 nitrogen and oxygen atoms in total. The zero-order valence-electron chi connectivity index (χ0n) is 20.3. The maximum Gasteiger partial charge on any atom is 0.341 e. The summed E-state index contributed by atoms with van der Waals surface area (Å²) in [5.74, 6) is -0.562. The smallest absolute Gasteiger partial charge is 0.341 e. The van der Waals surface area contributed by atoms with Gasteiger partial charge >= 0.3 is 5.97 Å². The van der Waals surface area contributed by atoms with Crippen LogP contribution in [0.2, 0.25) is 0 Å². The lowest BCUT2D eigenvalue weighted by atomic mass is 10.1. The van der Waals surface area contributed by atoms with Gasteiger partial charge in [-0.15, -0.1) is 0 Å². The molecule has 0 saturated carbocycles. The first kappa shape index (κ1) is 23.8. The summed E-state index contributed by atoms with van der Waals surface area (Å²) >= 11 is 0. The summed E-state index contributed by atoms with van der Waals surface area (Å²) in [6.07, 6.45) is 4.51. The summed E-state index contributed by atoms with van der Waals surface area (Å²) in [6.45, 7) is 1.40. The van der Waals surface area contributed by atoms with Gasteiger partial charge in [0.15, 0.2) is 5.75 Å². The van der Waals surface area contributed by atoms with E-state index in [4.69, 9.17) is 14.2 Å². The van der Waals surface area contributed by atoms with Crippen LogP contribution in [-0.2, 0) is 0 Å². The first-order valence-electron chi connectivity index (χ1n) is 12.3. The maximum absolute atomic E-state index is 15.6. The van der Waals surface area contributed by atoms with Crippen molar-refractivity contribution in [3.8, 4) is 23.1 Å². The third kappa shape index (κ3) is 4.27. The van der Waals surface area contributed by atoms with E-state index in [0.29, 0.717) is 40.8 Å². The molecule has 5 heterocycles. The summed E-state index contributed by atoms with van der Waals surface area (Å²) < 4.78 is 34.8. The Balaban J connectivity index is 1.52. The van der Waals surface area contributed by atoms with E-state index in [0.717, 1.165) is 18.9 Å². The van der Waals surface area contributed by atoms with Gasteiger partial charge in [-0.3, -0.25) is 4.79 Å². The molecular formula is C28H24FN3O6. The molecule has 4 aromatic rings. The Morgan fingerprint density at radius 2 is 1.89 bits per heavy atom. The van der Waals surface area contributed by atoms with E-state index in [-0.39, 0.29) is 31.2 Å². The summed E-state index contributed by atoms with van der Waals surface area (Å²) in [5.41, 5.74) is 0.140. The van der Waals surface area contributed by atoms with Crippen molar-refractivity contribution in [3.05, 3.63) is 82.5 Å². The van der Waals surface area contributed by atoms with Crippen LogP contribution in [0.4, 0.5) is 10.1 Å². The second-order valence-corrected chi connectivity index (χ2v) is 9.17. The molecule has 1 fully saturated rings. The monoisotopic (exact) mass is 517 g/mol. The van der Waals surface area contributed by atoms with E-state index in [9.17, 15) is 14.7 Å². The predicted molar refractivity (Wildman–Crippen MR) is 138 cm³/mol. The Morgan fingerprint density at radius 1 is 1.08 bits per heavy atom. The number of hydrogen-bond acceptors (Lipinski definition) is 7. The largest absolute Gasteiger partial charge is 0.490 e. The van der Waals surface area contributed by atoms with Gasteiger partial charge in [0.2, 0.25) is 5.43 Å². The molecule has 3 aliphatic heterocycles. The molecule has 1 N–H and O–H groups in total. The topological polar surface area (TPSA) is 103 Å². The zero-order chi connectivity index (χ0) is 26.2. The Hall–Kier alpha value is -4.60. The number of halogens is 1. The number of carbonyl (C=O) groups is 1. The fourth-order valence-electron chi connectivity index (χ4n) is 5.03. The molecule has 2 aromatic carbocycles. The van der Waals surface area contributed by atoms with Crippen LogP contribution in [-0.4, -0.2) is 53.0 Å². The van der Waals surface area contributed by atoms with E-state index in [2.05, 4.69) is 4.98 Å². The van der Waals surface area contributed by atoms with E-state index in [1.165, 1.54) is 6.20 Å². The Morgan fingerprint density at radius 3 is 2.71 bits per heavy atom. The third-order valence-electron chi connectivity index (χ3n) is 6.86. The first-order chi connectivity index (χ1) is 18.5. The lowest BCUT2D eigenvalue weighted by molar-refractivity contribution is 0.0695. The summed E-state index contributed by atoms with van der Waals surface area (Å²) in [5, 5.41) is 9.65. The number of aromatic carboxylic acids is 1. The SMILES string of the molecule is O=C(O)c1cn2c3cc(c(F)cc3c1=O)N1CCC[C@@H]1COc1ncccc1OCCOc1ccc-2cc1. The van der Waals surface area contributed by atoms with Crippen LogP contribution in [0.5, 0.6) is 17.4 Å². The molecular weight excluding hydrogens is 493 g/mol. The Bertz CT molecular complexity index is 1590. The van der Waals surface area contributed by atoms with E-state index >= 15 is 4.39 Å². The van der Waals surface area contributed by atoms with E-state index in [1.807, 2.05) is 4.90 Å². The van der Waals surface area contributed by atoms with E-state index in [1.54, 1.807) is 53.2 Å². The first-order valence-corrected chi connectivity index (χ1v) is 12.3. The van der Waals surface area contributed by atoms with Gasteiger partial charge < -0.3 is 28.8 Å². The average Bonchev–Trinajstić information content (AvgIpc) is 3.39. The molecule has 1 saturated heterocycles. The van der Waals surface area contributed by atoms with Crippen LogP contribution in [0.15, 0.2) is 65.7 Å². The second kappa shape index (κ2) is 9.70. The van der Waals surface area contributed by atoms with Gasteiger partial charge in [0.25, 0.3) is 5.88 Å². The highest BCUT2D eigenvalue weighted by atomic mass is 19.1. The zero-order valence-corrected chi connectivity index (χ0v) is 20.3. The Kier molecular flexibility index (Phi) is 6.07. The van der Waals surface area contributed by atoms with Gasteiger partial charge in [-0.1, -0.05) is 0 Å². The standard InChI is InChI=1S/C28H24FN3O6/c29-22-13-20-23-14-24(22)31-10-2-3-18(31)16-38-27-25(4-1-9-30-27)37-12-11-36-19-7-5-17(6-8-19)32(23)15-21(26(20)33)28(34)35/h1,4-9,13-15,18H,2-3,10-12,16H2,(H,34,35)/t18-/m1/s1. The van der Waals surface area contributed by atoms with Crippen molar-refractivity contribution < 1.29 is 28.5 Å². The average molecular weight is 518 g/mol. The normalized spacial score (nSPS) is 17.1. The number of nitrogens with zero attached hydrogens (tertiary/aromatic N) is 3. The van der Waals surface area contributed by atoms with Crippen molar-refractivity contribution in [1.82, 2.24) is 9.55 Å². The minimum Gasteiger partial charge on any atom is -0.490 e. The summed E-state index contributed by atoms with van der Waals surface area (Å²) in [7, 11) is 0. The molecule has 10 heteroatoms. The van der Waals surface area contributed by atoms with E-state index < -0.39 is 22.8 Å². The number of carboxylic acids is 1. The number of fused-ring (bicyclic) bond motifs is 6.